The second kappa shape index (κ2) is 7.24. The molecule has 4 heteroatoms. The molecule has 0 amide bonds. The fourth-order valence-electron chi connectivity index (χ4n) is 1.85. The quantitative estimate of drug-likeness (QED) is 0.797. The predicted octanol–water partition coefficient (Wildman–Crippen LogP) is 2.60. The van der Waals surface area contributed by atoms with E-state index in [9.17, 15) is 5.11 Å². The van der Waals surface area contributed by atoms with Gasteiger partial charge in [-0.15, -0.1) is 0 Å². The lowest BCUT2D eigenvalue weighted by Gasteiger charge is -2.12. The van der Waals surface area contributed by atoms with Crippen molar-refractivity contribution in [3.05, 3.63) is 64.9 Å². The van der Waals surface area contributed by atoms with Gasteiger partial charge in [-0.2, -0.15) is 0 Å². The number of hydrogen-bond acceptors (Lipinski definition) is 3. The summed E-state index contributed by atoms with van der Waals surface area (Å²) < 4.78 is 0. The first-order chi connectivity index (χ1) is 9.25. The van der Waals surface area contributed by atoms with Crippen LogP contribution < -0.4 is 5.32 Å². The Morgan fingerprint density at radius 1 is 1.26 bits per heavy atom. The number of aliphatic hydroxyl groups is 1. The third kappa shape index (κ3) is 4.63. The molecule has 1 aromatic heterocycles. The lowest BCUT2D eigenvalue weighted by atomic mass is 10.1. The highest BCUT2D eigenvalue weighted by atomic mass is 35.5. The lowest BCUT2D eigenvalue weighted by Crippen LogP contribution is -2.23. The van der Waals surface area contributed by atoms with Crippen LogP contribution in [0.2, 0.25) is 5.02 Å². The van der Waals surface area contributed by atoms with Gasteiger partial charge in [0.25, 0.3) is 0 Å². The largest absolute Gasteiger partial charge is 0.387 e. The zero-order valence-electron chi connectivity index (χ0n) is 10.6. The number of pyridine rings is 1. The molecule has 0 saturated carbocycles. The molecule has 0 aliphatic heterocycles. The number of halogens is 1. The van der Waals surface area contributed by atoms with Gasteiger partial charge in [0.05, 0.1) is 6.10 Å². The molecule has 2 aromatic rings. The summed E-state index contributed by atoms with van der Waals surface area (Å²) in [6.45, 7) is 1.32. The second-order valence-corrected chi connectivity index (χ2v) is 4.82. The van der Waals surface area contributed by atoms with Crippen LogP contribution in [-0.4, -0.2) is 23.2 Å². The van der Waals surface area contributed by atoms with Gasteiger partial charge in [-0.05, 0) is 42.3 Å². The van der Waals surface area contributed by atoms with E-state index in [-0.39, 0.29) is 0 Å². The molecule has 2 rings (SSSR count). The summed E-state index contributed by atoms with van der Waals surface area (Å²) in [5.41, 5.74) is 2.02. The average molecular weight is 277 g/mol. The van der Waals surface area contributed by atoms with Crippen LogP contribution in [-0.2, 0) is 6.42 Å². The van der Waals surface area contributed by atoms with Gasteiger partial charge in [0.2, 0.25) is 0 Å². The summed E-state index contributed by atoms with van der Waals surface area (Å²) in [7, 11) is 0. The van der Waals surface area contributed by atoms with E-state index in [1.165, 1.54) is 5.56 Å². The molecule has 1 unspecified atom stereocenters. The van der Waals surface area contributed by atoms with Gasteiger partial charge in [-0.25, -0.2) is 0 Å². The highest BCUT2D eigenvalue weighted by molar-refractivity contribution is 6.30. The van der Waals surface area contributed by atoms with Gasteiger partial charge in [0, 0.05) is 24.0 Å². The molecule has 3 nitrogen and oxygen atoms in total. The fourth-order valence-corrected chi connectivity index (χ4v) is 2.05. The van der Waals surface area contributed by atoms with Crippen molar-refractivity contribution in [2.45, 2.75) is 12.5 Å². The molecule has 19 heavy (non-hydrogen) atoms. The Kier molecular flexibility index (Phi) is 5.33. The summed E-state index contributed by atoms with van der Waals surface area (Å²) in [6, 6.07) is 11.3. The Bertz CT molecular complexity index is 505. The minimum atomic E-state index is -0.535. The van der Waals surface area contributed by atoms with E-state index < -0.39 is 6.10 Å². The second-order valence-electron chi connectivity index (χ2n) is 4.39. The molecule has 1 aromatic carbocycles. The molecule has 0 saturated heterocycles. The van der Waals surface area contributed by atoms with Crippen molar-refractivity contribution in [2.75, 3.05) is 13.1 Å². The number of aromatic nitrogens is 1. The zero-order valence-corrected chi connectivity index (χ0v) is 11.3. The molecule has 0 spiro atoms. The van der Waals surface area contributed by atoms with Crippen LogP contribution in [0.15, 0.2) is 48.8 Å². The topological polar surface area (TPSA) is 45.1 Å². The van der Waals surface area contributed by atoms with E-state index in [2.05, 4.69) is 10.3 Å². The Morgan fingerprint density at radius 3 is 2.89 bits per heavy atom. The molecule has 0 radical (unpaired) electrons. The Morgan fingerprint density at radius 2 is 2.16 bits per heavy atom. The van der Waals surface area contributed by atoms with Crippen molar-refractivity contribution in [1.82, 2.24) is 10.3 Å². The zero-order chi connectivity index (χ0) is 13.5. The first kappa shape index (κ1) is 14.0. The summed E-state index contributed by atoms with van der Waals surface area (Å²) in [5.74, 6) is 0. The average Bonchev–Trinajstić information content (AvgIpc) is 2.44. The standard InChI is InChI=1S/C15H17ClN2O/c16-14-5-1-4-13(9-14)15(19)11-18-8-6-12-3-2-7-17-10-12/h1-5,7,9-10,15,18-19H,6,8,11H2. The maximum Gasteiger partial charge on any atom is 0.0914 e. The minimum absolute atomic E-state index is 0.514. The first-order valence-corrected chi connectivity index (χ1v) is 6.66. The fraction of sp³-hybridized carbons (Fsp3) is 0.267. The maximum absolute atomic E-state index is 10.0. The van der Waals surface area contributed by atoms with Crippen molar-refractivity contribution in [3.63, 3.8) is 0 Å². The van der Waals surface area contributed by atoms with Gasteiger partial charge in [-0.3, -0.25) is 4.98 Å². The van der Waals surface area contributed by atoms with Crippen molar-refractivity contribution in [2.24, 2.45) is 0 Å². The van der Waals surface area contributed by atoms with E-state index in [0.29, 0.717) is 11.6 Å². The predicted molar refractivity (Wildman–Crippen MR) is 77.2 cm³/mol. The summed E-state index contributed by atoms with van der Waals surface area (Å²) >= 11 is 5.89. The third-order valence-corrected chi connectivity index (χ3v) is 3.12. The Labute approximate surface area is 118 Å². The van der Waals surface area contributed by atoms with Crippen LogP contribution in [0.5, 0.6) is 0 Å². The number of hydrogen-bond donors (Lipinski definition) is 2. The molecule has 1 heterocycles. The summed E-state index contributed by atoms with van der Waals surface area (Å²) in [4.78, 5) is 4.06. The SMILES string of the molecule is OC(CNCCc1cccnc1)c1cccc(Cl)c1. The molecular formula is C15H17ClN2O. The monoisotopic (exact) mass is 276 g/mol. The molecule has 0 aliphatic rings. The van der Waals surface area contributed by atoms with Gasteiger partial charge in [-0.1, -0.05) is 29.8 Å². The van der Waals surface area contributed by atoms with Crippen LogP contribution in [0.1, 0.15) is 17.2 Å². The maximum atomic E-state index is 10.0. The molecule has 2 N–H and O–H groups in total. The highest BCUT2D eigenvalue weighted by Gasteiger charge is 2.06. The van der Waals surface area contributed by atoms with E-state index >= 15 is 0 Å². The van der Waals surface area contributed by atoms with Crippen LogP contribution in [0.3, 0.4) is 0 Å². The van der Waals surface area contributed by atoms with E-state index in [1.54, 1.807) is 18.3 Å². The third-order valence-electron chi connectivity index (χ3n) is 2.88. The number of rotatable bonds is 6. The summed E-state index contributed by atoms with van der Waals surface area (Å²) in [5, 5.41) is 13.9. The van der Waals surface area contributed by atoms with Crippen LogP contribution in [0.4, 0.5) is 0 Å². The first-order valence-electron chi connectivity index (χ1n) is 6.29. The molecular weight excluding hydrogens is 260 g/mol. The lowest BCUT2D eigenvalue weighted by molar-refractivity contribution is 0.175. The van der Waals surface area contributed by atoms with Gasteiger partial charge >= 0.3 is 0 Å². The molecule has 100 valence electrons. The number of nitrogens with zero attached hydrogens (tertiary/aromatic N) is 1. The minimum Gasteiger partial charge on any atom is -0.387 e. The smallest absolute Gasteiger partial charge is 0.0914 e. The van der Waals surface area contributed by atoms with Crippen molar-refractivity contribution < 1.29 is 5.11 Å². The summed E-state index contributed by atoms with van der Waals surface area (Å²) in [6.07, 6.45) is 3.98. The molecule has 0 fully saturated rings. The van der Waals surface area contributed by atoms with E-state index in [4.69, 9.17) is 11.6 Å². The Hall–Kier alpha value is -1.42. The molecule has 0 aliphatic carbocycles. The Balaban J connectivity index is 1.74. The van der Waals surface area contributed by atoms with Crippen molar-refractivity contribution in [3.8, 4) is 0 Å². The van der Waals surface area contributed by atoms with Crippen molar-refractivity contribution >= 4 is 11.6 Å². The van der Waals surface area contributed by atoms with Gasteiger partial charge in [0.1, 0.15) is 0 Å². The normalized spacial score (nSPS) is 12.3. The molecule has 1 atom stereocenters. The van der Waals surface area contributed by atoms with E-state index in [0.717, 1.165) is 18.5 Å². The van der Waals surface area contributed by atoms with Crippen molar-refractivity contribution in [1.29, 1.82) is 0 Å². The molecule has 0 bridgehead atoms. The van der Waals surface area contributed by atoms with E-state index in [1.807, 2.05) is 30.5 Å². The van der Waals surface area contributed by atoms with Gasteiger partial charge < -0.3 is 10.4 Å². The van der Waals surface area contributed by atoms with Crippen LogP contribution >= 0.6 is 11.6 Å². The van der Waals surface area contributed by atoms with Crippen LogP contribution in [0.25, 0.3) is 0 Å². The highest BCUT2D eigenvalue weighted by Crippen LogP contribution is 2.16. The van der Waals surface area contributed by atoms with Crippen LogP contribution in [0, 0.1) is 0 Å². The number of aliphatic hydroxyl groups excluding tert-OH is 1. The number of nitrogens with one attached hydrogen (secondary N) is 1. The van der Waals surface area contributed by atoms with Gasteiger partial charge in [0.15, 0.2) is 0 Å². The number of benzene rings is 1.